The van der Waals surface area contributed by atoms with Crippen molar-refractivity contribution in [3.8, 4) is 11.4 Å². The second kappa shape index (κ2) is 5.33. The third-order valence-corrected chi connectivity index (χ3v) is 3.50. The number of imidazole rings is 1. The van der Waals surface area contributed by atoms with Crippen LogP contribution in [0.3, 0.4) is 0 Å². The molecular weight excluding hydrogens is 248 g/mol. The van der Waals surface area contributed by atoms with Crippen molar-refractivity contribution < 1.29 is 0 Å². The molecule has 0 unspecified atom stereocenters. The number of H-pyrrole nitrogens is 1. The molecule has 0 saturated carbocycles. The first-order valence-corrected chi connectivity index (χ1v) is 6.98. The van der Waals surface area contributed by atoms with Gasteiger partial charge < -0.3 is 9.88 Å². The summed E-state index contributed by atoms with van der Waals surface area (Å²) < 4.78 is 0. The van der Waals surface area contributed by atoms with Gasteiger partial charge in [-0.25, -0.2) is 9.97 Å². The van der Waals surface area contributed by atoms with Crippen LogP contribution in [0, 0.1) is 0 Å². The first-order chi connectivity index (χ1) is 9.81. The maximum Gasteiger partial charge on any atom is 0.140 e. The van der Waals surface area contributed by atoms with Gasteiger partial charge in [0.25, 0.3) is 0 Å². The van der Waals surface area contributed by atoms with Crippen LogP contribution in [-0.2, 0) is 0 Å². The van der Waals surface area contributed by atoms with E-state index in [1.54, 1.807) is 0 Å². The van der Waals surface area contributed by atoms with Gasteiger partial charge >= 0.3 is 0 Å². The molecule has 0 radical (unpaired) electrons. The highest BCUT2D eigenvalue weighted by molar-refractivity contribution is 5.79. The predicted octanol–water partition coefficient (Wildman–Crippen LogP) is 3.47. The maximum absolute atomic E-state index is 4.59. The molecule has 20 heavy (non-hydrogen) atoms. The van der Waals surface area contributed by atoms with Crippen LogP contribution in [0.1, 0.15) is 13.8 Å². The number of aromatic amines is 1. The molecule has 1 aromatic carbocycles. The largest absolute Gasteiger partial charge is 0.357 e. The topological polar surface area (TPSA) is 44.8 Å². The Kier molecular flexibility index (Phi) is 3.37. The van der Waals surface area contributed by atoms with Crippen LogP contribution in [-0.4, -0.2) is 28.0 Å². The minimum atomic E-state index is 0.866. The molecule has 0 amide bonds. The number of rotatable bonds is 4. The van der Waals surface area contributed by atoms with E-state index in [0.29, 0.717) is 0 Å². The van der Waals surface area contributed by atoms with Crippen molar-refractivity contribution in [2.24, 2.45) is 0 Å². The van der Waals surface area contributed by atoms with Crippen LogP contribution in [0.4, 0.5) is 5.82 Å². The Hall–Kier alpha value is -2.36. The molecule has 102 valence electrons. The second-order valence-corrected chi connectivity index (χ2v) is 4.68. The van der Waals surface area contributed by atoms with Gasteiger partial charge in [-0.3, -0.25) is 0 Å². The van der Waals surface area contributed by atoms with E-state index in [1.807, 2.05) is 30.5 Å². The lowest BCUT2D eigenvalue weighted by molar-refractivity contribution is 0.846. The molecule has 4 nitrogen and oxygen atoms in total. The van der Waals surface area contributed by atoms with Gasteiger partial charge in [-0.2, -0.15) is 0 Å². The van der Waals surface area contributed by atoms with Crippen LogP contribution in [0.15, 0.2) is 42.6 Å². The molecule has 1 N–H and O–H groups in total. The number of aromatic nitrogens is 3. The van der Waals surface area contributed by atoms with E-state index in [0.717, 1.165) is 41.3 Å². The third kappa shape index (κ3) is 2.25. The van der Waals surface area contributed by atoms with Crippen molar-refractivity contribution in [2.45, 2.75) is 13.8 Å². The summed E-state index contributed by atoms with van der Waals surface area (Å²) in [5.74, 6) is 1.87. The number of fused-ring (bicyclic) bond motifs is 1. The summed E-state index contributed by atoms with van der Waals surface area (Å²) in [5.41, 5.74) is 3.04. The van der Waals surface area contributed by atoms with Crippen molar-refractivity contribution >= 4 is 16.9 Å². The summed E-state index contributed by atoms with van der Waals surface area (Å²) in [4.78, 5) is 14.7. The first kappa shape index (κ1) is 12.7. The number of nitrogens with zero attached hydrogens (tertiary/aromatic N) is 3. The molecule has 2 aromatic heterocycles. The average Bonchev–Trinajstić information content (AvgIpc) is 2.93. The van der Waals surface area contributed by atoms with E-state index in [1.165, 1.54) is 0 Å². The average molecular weight is 266 g/mol. The summed E-state index contributed by atoms with van der Waals surface area (Å²) in [5, 5.41) is 0. The fraction of sp³-hybridized carbons (Fsp3) is 0.250. The quantitative estimate of drug-likeness (QED) is 0.786. The Balaban J connectivity index is 1.94. The minimum Gasteiger partial charge on any atom is -0.357 e. The number of anilines is 1. The van der Waals surface area contributed by atoms with Crippen LogP contribution in [0.5, 0.6) is 0 Å². The minimum absolute atomic E-state index is 0.866. The van der Waals surface area contributed by atoms with Gasteiger partial charge in [-0.05, 0) is 38.1 Å². The molecule has 3 rings (SSSR count). The molecule has 0 aliphatic carbocycles. The number of para-hydroxylation sites is 2. The van der Waals surface area contributed by atoms with E-state index in [2.05, 4.69) is 45.8 Å². The highest BCUT2D eigenvalue weighted by Gasteiger charge is 2.07. The summed E-state index contributed by atoms with van der Waals surface area (Å²) in [7, 11) is 0. The molecular formula is C16H18N4. The number of pyridine rings is 1. The highest BCUT2D eigenvalue weighted by atomic mass is 15.2. The van der Waals surface area contributed by atoms with Gasteiger partial charge in [-0.15, -0.1) is 0 Å². The van der Waals surface area contributed by atoms with Gasteiger partial charge in [0, 0.05) is 24.8 Å². The standard InChI is InChI=1S/C16H18N4/c1-3-20(4-2)15-10-9-12(11-17-15)16-18-13-7-5-6-8-14(13)19-16/h5-11H,3-4H2,1-2H3,(H,18,19). The monoisotopic (exact) mass is 266 g/mol. The third-order valence-electron chi connectivity index (χ3n) is 3.50. The zero-order valence-electron chi connectivity index (χ0n) is 11.8. The zero-order chi connectivity index (χ0) is 13.9. The van der Waals surface area contributed by atoms with Crippen LogP contribution in [0.25, 0.3) is 22.4 Å². The summed E-state index contributed by atoms with van der Waals surface area (Å²) in [6, 6.07) is 12.2. The highest BCUT2D eigenvalue weighted by Crippen LogP contribution is 2.21. The molecule has 0 fully saturated rings. The Morgan fingerprint density at radius 1 is 1.05 bits per heavy atom. The lowest BCUT2D eigenvalue weighted by Gasteiger charge is -2.19. The van der Waals surface area contributed by atoms with Crippen molar-refractivity contribution in [1.29, 1.82) is 0 Å². The van der Waals surface area contributed by atoms with E-state index in [-0.39, 0.29) is 0 Å². The smallest absolute Gasteiger partial charge is 0.140 e. The predicted molar refractivity (Wildman–Crippen MR) is 82.9 cm³/mol. The normalized spacial score (nSPS) is 10.9. The molecule has 0 atom stereocenters. The van der Waals surface area contributed by atoms with Crippen LogP contribution in [0.2, 0.25) is 0 Å². The van der Waals surface area contributed by atoms with Gasteiger partial charge in [0.1, 0.15) is 11.6 Å². The Labute approximate surface area is 118 Å². The Morgan fingerprint density at radius 2 is 1.85 bits per heavy atom. The Bertz CT molecular complexity index is 663. The van der Waals surface area contributed by atoms with Crippen molar-refractivity contribution in [1.82, 2.24) is 15.0 Å². The van der Waals surface area contributed by atoms with Gasteiger partial charge in [0.15, 0.2) is 0 Å². The number of nitrogens with one attached hydrogen (secondary N) is 1. The molecule has 0 aliphatic heterocycles. The van der Waals surface area contributed by atoms with Gasteiger partial charge in [0.2, 0.25) is 0 Å². The maximum atomic E-state index is 4.59. The number of hydrogen-bond acceptors (Lipinski definition) is 3. The molecule has 0 saturated heterocycles. The van der Waals surface area contributed by atoms with Crippen molar-refractivity contribution in [3.63, 3.8) is 0 Å². The molecule has 0 bridgehead atoms. The van der Waals surface area contributed by atoms with Gasteiger partial charge in [-0.1, -0.05) is 12.1 Å². The summed E-state index contributed by atoms with van der Waals surface area (Å²) in [6.45, 7) is 6.21. The number of hydrogen-bond donors (Lipinski definition) is 1. The second-order valence-electron chi connectivity index (χ2n) is 4.68. The van der Waals surface area contributed by atoms with Gasteiger partial charge in [0.05, 0.1) is 11.0 Å². The molecule has 0 aliphatic rings. The van der Waals surface area contributed by atoms with E-state index >= 15 is 0 Å². The first-order valence-electron chi connectivity index (χ1n) is 6.98. The van der Waals surface area contributed by atoms with E-state index in [4.69, 9.17) is 0 Å². The fourth-order valence-electron chi connectivity index (χ4n) is 2.35. The van der Waals surface area contributed by atoms with Crippen LogP contribution < -0.4 is 4.90 Å². The van der Waals surface area contributed by atoms with E-state index in [9.17, 15) is 0 Å². The molecule has 3 aromatic rings. The fourth-order valence-corrected chi connectivity index (χ4v) is 2.35. The van der Waals surface area contributed by atoms with Crippen molar-refractivity contribution in [2.75, 3.05) is 18.0 Å². The van der Waals surface area contributed by atoms with Crippen molar-refractivity contribution in [3.05, 3.63) is 42.6 Å². The summed E-state index contributed by atoms with van der Waals surface area (Å²) >= 11 is 0. The van der Waals surface area contributed by atoms with Crippen LogP contribution >= 0.6 is 0 Å². The lowest BCUT2D eigenvalue weighted by Crippen LogP contribution is -2.22. The summed E-state index contributed by atoms with van der Waals surface area (Å²) in [6.07, 6.45) is 1.88. The van der Waals surface area contributed by atoms with E-state index < -0.39 is 0 Å². The number of benzene rings is 1. The molecule has 2 heterocycles. The lowest BCUT2D eigenvalue weighted by atomic mass is 10.2. The SMILES string of the molecule is CCN(CC)c1ccc(-c2nc3ccccc3[nH]2)cn1. The Morgan fingerprint density at radius 3 is 2.50 bits per heavy atom. The molecule has 4 heteroatoms. The zero-order valence-corrected chi connectivity index (χ0v) is 11.8. The molecule has 0 spiro atoms.